The first-order valence-corrected chi connectivity index (χ1v) is 40.4. The minimum atomic E-state index is -4.95. The van der Waals surface area contributed by atoms with Gasteiger partial charge in [-0.2, -0.15) is 0 Å². The Kier molecular flexibility index (Phi) is 61.5. The minimum Gasteiger partial charge on any atom is -0.462 e. The molecule has 91 heavy (non-hydrogen) atoms. The molecule has 17 nitrogen and oxygen atoms in total. The summed E-state index contributed by atoms with van der Waals surface area (Å²) in [5, 5.41) is 10.6. The van der Waals surface area contributed by atoms with Gasteiger partial charge in [-0.25, -0.2) is 9.13 Å². The number of phosphoric acid groups is 2. The van der Waals surface area contributed by atoms with E-state index in [0.717, 1.165) is 108 Å². The van der Waals surface area contributed by atoms with Gasteiger partial charge < -0.3 is 33.8 Å². The highest BCUT2D eigenvalue weighted by molar-refractivity contribution is 7.47. The summed E-state index contributed by atoms with van der Waals surface area (Å²) in [4.78, 5) is 72.6. The summed E-state index contributed by atoms with van der Waals surface area (Å²) >= 11 is 0. The lowest BCUT2D eigenvalue weighted by molar-refractivity contribution is -0.161. The van der Waals surface area contributed by atoms with Crippen LogP contribution in [0.4, 0.5) is 0 Å². The number of esters is 4. The van der Waals surface area contributed by atoms with Crippen molar-refractivity contribution in [3.05, 3.63) is 0 Å². The third kappa shape index (κ3) is 65.1. The normalized spacial score (nSPS) is 14.5. The topological polar surface area (TPSA) is 237 Å². The number of rotatable bonds is 70. The van der Waals surface area contributed by atoms with Gasteiger partial charge in [0.15, 0.2) is 12.2 Å². The molecule has 0 aliphatic rings. The average molecular weight is 1340 g/mol. The van der Waals surface area contributed by atoms with Crippen LogP contribution in [-0.4, -0.2) is 96.7 Å². The predicted octanol–water partition coefficient (Wildman–Crippen LogP) is 20.6. The first-order valence-electron chi connectivity index (χ1n) is 37.4. The first-order chi connectivity index (χ1) is 43.8. The van der Waals surface area contributed by atoms with E-state index in [2.05, 4.69) is 48.5 Å². The number of carbonyl (C=O) groups excluding carboxylic acids is 4. The van der Waals surface area contributed by atoms with Gasteiger partial charge in [-0.1, -0.05) is 312 Å². The molecule has 540 valence electrons. The molecule has 3 unspecified atom stereocenters. The molecule has 0 aromatic heterocycles. The number of ether oxygens (including phenoxy) is 4. The minimum absolute atomic E-state index is 0.105. The van der Waals surface area contributed by atoms with E-state index in [0.29, 0.717) is 25.7 Å². The largest absolute Gasteiger partial charge is 0.472 e. The van der Waals surface area contributed by atoms with E-state index in [1.54, 1.807) is 0 Å². The van der Waals surface area contributed by atoms with Crippen molar-refractivity contribution in [2.24, 2.45) is 17.8 Å². The van der Waals surface area contributed by atoms with Gasteiger partial charge in [-0.05, 0) is 43.4 Å². The Labute approximate surface area is 556 Å². The molecule has 0 aliphatic heterocycles. The van der Waals surface area contributed by atoms with Gasteiger partial charge in [0.05, 0.1) is 26.4 Å². The van der Waals surface area contributed by atoms with E-state index in [1.165, 1.54) is 173 Å². The summed E-state index contributed by atoms with van der Waals surface area (Å²) in [7, 11) is -9.90. The van der Waals surface area contributed by atoms with Crippen LogP contribution in [0.15, 0.2) is 0 Å². The van der Waals surface area contributed by atoms with Crippen molar-refractivity contribution in [2.75, 3.05) is 39.6 Å². The molecular formula is C72H140O17P2. The van der Waals surface area contributed by atoms with Crippen molar-refractivity contribution in [1.29, 1.82) is 0 Å². The number of hydrogen-bond donors (Lipinski definition) is 3. The standard InChI is InChI=1S/C72H140O17P2/c1-8-10-11-12-13-22-32-39-46-53-69(74)82-59-68(89-72(77)56-49-42-35-28-27-31-38-45-52-65(7)9-2)62-87-91(80,81)85-58-66(73)57-84-90(78,79)86-61-67(88-71(76)55-48-41-34-26-21-17-15-19-24-30-37-44-51-64(5)6)60-83-70(75)54-47-40-33-25-20-16-14-18-23-29-36-43-50-63(3)4/h63-68,73H,8-62H2,1-7H3,(H,78,79)(H,80,81)/t65?,66-,67-,68-/m1/s1. The van der Waals surface area contributed by atoms with Crippen molar-refractivity contribution in [2.45, 2.75) is 381 Å². The lowest BCUT2D eigenvalue weighted by atomic mass is 9.99. The maximum atomic E-state index is 13.0. The summed E-state index contributed by atoms with van der Waals surface area (Å²) in [5.41, 5.74) is 0. The molecule has 0 bridgehead atoms. The molecule has 0 saturated heterocycles. The Morgan fingerprint density at radius 3 is 0.835 bits per heavy atom. The van der Waals surface area contributed by atoms with E-state index in [4.69, 9.17) is 37.0 Å². The Morgan fingerprint density at radius 1 is 0.319 bits per heavy atom. The maximum absolute atomic E-state index is 13.0. The number of aliphatic hydroxyl groups is 1. The van der Waals surface area contributed by atoms with Gasteiger partial charge in [0.1, 0.15) is 19.3 Å². The van der Waals surface area contributed by atoms with E-state index in [1.807, 2.05) is 0 Å². The second kappa shape index (κ2) is 62.8. The lowest BCUT2D eigenvalue weighted by Gasteiger charge is -2.21. The van der Waals surface area contributed by atoms with Gasteiger partial charge in [-0.3, -0.25) is 37.3 Å². The number of carbonyl (C=O) groups is 4. The van der Waals surface area contributed by atoms with Gasteiger partial charge in [0.2, 0.25) is 0 Å². The Bertz CT molecular complexity index is 1790. The maximum Gasteiger partial charge on any atom is 0.472 e. The van der Waals surface area contributed by atoms with E-state index in [9.17, 15) is 43.2 Å². The predicted molar refractivity (Wildman–Crippen MR) is 368 cm³/mol. The molecule has 3 N–H and O–H groups in total. The van der Waals surface area contributed by atoms with Crippen molar-refractivity contribution in [3.8, 4) is 0 Å². The molecular weight excluding hydrogens is 1200 g/mol. The first kappa shape index (κ1) is 89.1. The smallest absolute Gasteiger partial charge is 0.462 e. The third-order valence-corrected chi connectivity index (χ3v) is 18.9. The number of hydrogen-bond acceptors (Lipinski definition) is 15. The average Bonchev–Trinajstić information content (AvgIpc) is 2.04. The molecule has 0 aromatic rings. The fourth-order valence-electron chi connectivity index (χ4n) is 10.9. The fraction of sp³-hybridized carbons (Fsp3) is 0.944. The molecule has 0 rings (SSSR count). The zero-order valence-electron chi connectivity index (χ0n) is 59.3. The zero-order chi connectivity index (χ0) is 67.3. The quantitative estimate of drug-likeness (QED) is 0.0222. The van der Waals surface area contributed by atoms with Gasteiger partial charge in [0, 0.05) is 25.7 Å². The Hall–Kier alpha value is -1.94. The highest BCUT2D eigenvalue weighted by Crippen LogP contribution is 2.45. The van der Waals surface area contributed by atoms with Crippen LogP contribution in [0, 0.1) is 17.8 Å². The van der Waals surface area contributed by atoms with Gasteiger partial charge in [0.25, 0.3) is 0 Å². The number of unbranched alkanes of at least 4 members (excludes halogenated alkanes) is 37. The Morgan fingerprint density at radius 2 is 0.560 bits per heavy atom. The second-order valence-electron chi connectivity index (χ2n) is 27.2. The molecule has 0 amide bonds. The van der Waals surface area contributed by atoms with Crippen molar-refractivity contribution < 1.29 is 80.2 Å². The molecule has 0 spiro atoms. The molecule has 0 aliphatic carbocycles. The molecule has 19 heteroatoms. The highest BCUT2D eigenvalue weighted by atomic mass is 31.2. The van der Waals surface area contributed by atoms with Crippen LogP contribution in [0.1, 0.15) is 363 Å². The zero-order valence-corrected chi connectivity index (χ0v) is 61.1. The van der Waals surface area contributed by atoms with Crippen LogP contribution in [0.3, 0.4) is 0 Å². The van der Waals surface area contributed by atoms with Crippen LogP contribution >= 0.6 is 15.6 Å². The van der Waals surface area contributed by atoms with Crippen molar-refractivity contribution in [1.82, 2.24) is 0 Å². The molecule has 6 atom stereocenters. The molecule has 0 heterocycles. The summed E-state index contributed by atoms with van der Waals surface area (Å²) in [5.74, 6) is 0.203. The van der Waals surface area contributed by atoms with Gasteiger partial charge in [-0.15, -0.1) is 0 Å². The van der Waals surface area contributed by atoms with Crippen LogP contribution in [0.2, 0.25) is 0 Å². The van der Waals surface area contributed by atoms with Crippen LogP contribution in [-0.2, 0) is 65.4 Å². The SMILES string of the molecule is CCCCCCCCCCCC(=O)OC[C@H](COP(=O)(O)OC[C@H](O)COP(=O)(O)OC[C@@H](COC(=O)CCCCCCCCCCCCCCC(C)C)OC(=O)CCCCCCCCCCCCCCC(C)C)OC(=O)CCCCCCCCCCC(C)CC. The highest BCUT2D eigenvalue weighted by Gasteiger charge is 2.30. The second-order valence-corrected chi connectivity index (χ2v) is 30.1. The molecule has 0 saturated carbocycles. The van der Waals surface area contributed by atoms with E-state index in [-0.39, 0.29) is 25.7 Å². The van der Waals surface area contributed by atoms with E-state index < -0.39 is 97.5 Å². The van der Waals surface area contributed by atoms with Crippen molar-refractivity contribution >= 4 is 39.5 Å². The summed E-state index contributed by atoms with van der Waals surface area (Å²) in [6.07, 6.45) is 47.1. The van der Waals surface area contributed by atoms with Crippen LogP contribution < -0.4 is 0 Å². The molecule has 0 aromatic carbocycles. The number of phosphoric ester groups is 2. The van der Waals surface area contributed by atoms with Gasteiger partial charge >= 0.3 is 39.5 Å². The summed E-state index contributed by atoms with van der Waals surface area (Å²) in [6, 6.07) is 0. The summed E-state index contributed by atoms with van der Waals surface area (Å²) in [6.45, 7) is 11.9. The number of aliphatic hydroxyl groups excluding tert-OH is 1. The van der Waals surface area contributed by atoms with Crippen molar-refractivity contribution in [3.63, 3.8) is 0 Å². The van der Waals surface area contributed by atoms with Crippen LogP contribution in [0.5, 0.6) is 0 Å². The summed E-state index contributed by atoms with van der Waals surface area (Å²) < 4.78 is 68.3. The fourth-order valence-corrected chi connectivity index (χ4v) is 12.4. The lowest BCUT2D eigenvalue weighted by Crippen LogP contribution is -2.30. The monoisotopic (exact) mass is 1340 g/mol. The Balaban J connectivity index is 5.25. The molecule has 0 fully saturated rings. The van der Waals surface area contributed by atoms with E-state index >= 15 is 0 Å². The third-order valence-electron chi connectivity index (χ3n) is 17.0. The molecule has 0 radical (unpaired) electrons. The van der Waals surface area contributed by atoms with Crippen LogP contribution in [0.25, 0.3) is 0 Å².